The Balaban J connectivity index is 0.00000107. The average Bonchev–Trinajstić information content (AvgIpc) is 3.00. The van der Waals surface area contributed by atoms with Crippen molar-refractivity contribution in [2.45, 2.75) is 76.9 Å². The van der Waals surface area contributed by atoms with Gasteiger partial charge in [-0.05, 0) is 57.4 Å². The quantitative estimate of drug-likeness (QED) is 0.605. The van der Waals surface area contributed by atoms with Gasteiger partial charge in [-0.3, -0.25) is 9.59 Å². The van der Waals surface area contributed by atoms with Gasteiger partial charge in [0.2, 0.25) is 11.8 Å². The molecule has 1 aliphatic heterocycles. The van der Waals surface area contributed by atoms with Crippen molar-refractivity contribution in [3.63, 3.8) is 0 Å². The average molecular weight is 450 g/mol. The molecule has 1 heterocycles. The third-order valence-electron chi connectivity index (χ3n) is 7.14. The molecular formula is C21H34F3N3O4. The Kier molecular flexibility index (Phi) is 7.47. The third kappa shape index (κ3) is 4.46. The molecule has 2 amide bonds. The second-order valence-electron chi connectivity index (χ2n) is 9.17. The normalized spacial score (nSPS) is 29.5. The second-order valence-corrected chi connectivity index (χ2v) is 9.17. The number of amides is 2. The summed E-state index contributed by atoms with van der Waals surface area (Å²) in [6.45, 7) is 7.51. The number of fused-ring (bicyclic) bond motifs is 1. The summed E-state index contributed by atoms with van der Waals surface area (Å²) in [7, 11) is 3.05. The number of nitrogens with one attached hydrogen (secondary N) is 2. The van der Waals surface area contributed by atoms with Gasteiger partial charge in [0.05, 0.1) is 6.10 Å². The largest absolute Gasteiger partial charge is 0.417 e. The number of halogens is 3. The van der Waals surface area contributed by atoms with E-state index in [1.165, 1.54) is 32.8 Å². The number of rotatable bonds is 6. The van der Waals surface area contributed by atoms with E-state index in [2.05, 4.69) is 24.5 Å². The molecular weight excluding hydrogens is 415 g/mol. The van der Waals surface area contributed by atoms with Gasteiger partial charge >= 0.3 is 6.18 Å². The number of hydrogen-bond donors (Lipinski definition) is 2. The Labute approximate surface area is 181 Å². The number of likely N-dealkylation sites (N-methyl/N-ethyl adjacent to an activating group) is 2. The molecule has 3 rings (SSSR count). The van der Waals surface area contributed by atoms with Gasteiger partial charge in [0.25, 0.3) is 0 Å². The van der Waals surface area contributed by atoms with Gasteiger partial charge in [-0.2, -0.15) is 13.2 Å². The van der Waals surface area contributed by atoms with E-state index in [-0.39, 0.29) is 41.9 Å². The van der Waals surface area contributed by atoms with Gasteiger partial charge < -0.3 is 25.1 Å². The van der Waals surface area contributed by atoms with Crippen LogP contribution in [0.2, 0.25) is 0 Å². The summed E-state index contributed by atoms with van der Waals surface area (Å²) in [5.41, 5.74) is -2.19. The molecule has 1 saturated heterocycles. The maximum atomic E-state index is 13.4. The zero-order chi connectivity index (χ0) is 23.8. The topological polar surface area (TPSA) is 87.7 Å². The molecule has 10 heteroatoms. The molecule has 3 aliphatic rings. The monoisotopic (exact) mass is 449 g/mol. The van der Waals surface area contributed by atoms with E-state index in [4.69, 9.17) is 9.53 Å². The van der Waals surface area contributed by atoms with Crippen LogP contribution in [0.5, 0.6) is 0 Å². The first-order valence-corrected chi connectivity index (χ1v) is 10.7. The molecule has 5 unspecified atom stereocenters. The maximum Gasteiger partial charge on any atom is 0.417 e. The van der Waals surface area contributed by atoms with E-state index in [0.29, 0.717) is 13.0 Å². The van der Waals surface area contributed by atoms with Crippen LogP contribution in [0.4, 0.5) is 13.2 Å². The summed E-state index contributed by atoms with van der Waals surface area (Å²) in [5.74, 6) is -0.331. The number of nitrogens with zero attached hydrogens (tertiary/aromatic N) is 1. The predicted molar refractivity (Wildman–Crippen MR) is 108 cm³/mol. The van der Waals surface area contributed by atoms with E-state index in [9.17, 15) is 22.8 Å². The van der Waals surface area contributed by atoms with E-state index in [0.717, 1.165) is 6.29 Å². The number of carbonyl (C=O) groups is 3. The zero-order valence-electron chi connectivity index (χ0n) is 19.0. The number of alkyl halides is 3. The van der Waals surface area contributed by atoms with Crippen LogP contribution in [-0.2, 0) is 19.1 Å². The lowest BCUT2D eigenvalue weighted by Gasteiger charge is -2.45. The fourth-order valence-electron chi connectivity index (χ4n) is 5.09. The van der Waals surface area contributed by atoms with Gasteiger partial charge in [0.15, 0.2) is 5.60 Å². The lowest BCUT2D eigenvalue weighted by atomic mass is 9.79. The van der Waals surface area contributed by atoms with Crippen LogP contribution < -0.4 is 10.6 Å². The minimum absolute atomic E-state index is 0.0164. The molecule has 0 aromatic heterocycles. The van der Waals surface area contributed by atoms with Crippen molar-refractivity contribution >= 4 is 18.1 Å². The van der Waals surface area contributed by atoms with E-state index >= 15 is 0 Å². The fourth-order valence-corrected chi connectivity index (χ4v) is 5.09. The summed E-state index contributed by atoms with van der Waals surface area (Å²) >= 11 is 0. The fraction of sp³-hybridized carbons (Fsp3) is 0.857. The van der Waals surface area contributed by atoms with Gasteiger partial charge in [0.1, 0.15) is 18.4 Å². The van der Waals surface area contributed by atoms with Crippen molar-refractivity contribution in [3.8, 4) is 0 Å². The SMILES string of the molecule is CC=O.CNC(=O)C1C2C(CN1C(=O)C(NC)C(C)OC1(C(F)(F)F)CCC1)C2(C)C. The lowest BCUT2D eigenvalue weighted by Crippen LogP contribution is -2.61. The van der Waals surface area contributed by atoms with Gasteiger partial charge in [0, 0.05) is 13.6 Å². The summed E-state index contributed by atoms with van der Waals surface area (Å²) in [6.07, 6.45) is -4.42. The molecule has 0 spiro atoms. The summed E-state index contributed by atoms with van der Waals surface area (Å²) in [5, 5.41) is 5.43. The van der Waals surface area contributed by atoms with Crippen LogP contribution in [0, 0.1) is 17.3 Å². The second kappa shape index (κ2) is 9.05. The number of piperidine rings is 1. The molecule has 0 aromatic rings. The molecule has 178 valence electrons. The highest BCUT2D eigenvalue weighted by molar-refractivity contribution is 5.91. The van der Waals surface area contributed by atoms with Crippen LogP contribution in [0.15, 0.2) is 0 Å². The van der Waals surface area contributed by atoms with Crippen LogP contribution in [-0.4, -0.2) is 73.6 Å². The molecule has 2 aliphatic carbocycles. The van der Waals surface area contributed by atoms with Crippen LogP contribution in [0.25, 0.3) is 0 Å². The van der Waals surface area contributed by atoms with E-state index < -0.39 is 30.0 Å². The highest BCUT2D eigenvalue weighted by atomic mass is 19.4. The van der Waals surface area contributed by atoms with Crippen LogP contribution in [0.1, 0.15) is 47.0 Å². The smallest absolute Gasteiger partial charge is 0.360 e. The molecule has 31 heavy (non-hydrogen) atoms. The summed E-state index contributed by atoms with van der Waals surface area (Å²) in [6, 6.07) is -1.55. The van der Waals surface area contributed by atoms with Crippen molar-refractivity contribution < 1.29 is 32.3 Å². The number of ether oxygens (including phenoxy) is 1. The Morgan fingerprint density at radius 3 is 2.16 bits per heavy atom. The molecule has 0 aromatic carbocycles. The third-order valence-corrected chi connectivity index (χ3v) is 7.14. The van der Waals surface area contributed by atoms with Crippen molar-refractivity contribution in [2.24, 2.45) is 17.3 Å². The Morgan fingerprint density at radius 1 is 1.23 bits per heavy atom. The maximum absolute atomic E-state index is 13.4. The standard InChI is InChI=1S/C19H30F3N3O3.C2H4O/c1-10(28-18(7-6-8-18)19(20,21)22)13(23-4)16(27)25-9-11-12(17(11,2)3)14(25)15(26)24-5;1-2-3/h10-14,23H,6-9H2,1-5H3,(H,24,26);2H,1H3. The highest BCUT2D eigenvalue weighted by Gasteiger charge is 2.69. The van der Waals surface area contributed by atoms with E-state index in [1.807, 2.05) is 0 Å². The molecule has 2 saturated carbocycles. The molecule has 0 bridgehead atoms. The Bertz CT molecular complexity index is 694. The minimum Gasteiger partial charge on any atom is -0.360 e. The van der Waals surface area contributed by atoms with Gasteiger partial charge in [-0.1, -0.05) is 13.8 Å². The molecule has 7 nitrogen and oxygen atoms in total. The molecule has 0 radical (unpaired) electrons. The summed E-state index contributed by atoms with van der Waals surface area (Å²) < 4.78 is 45.8. The first-order chi connectivity index (χ1) is 14.3. The minimum atomic E-state index is -4.47. The van der Waals surface area contributed by atoms with Gasteiger partial charge in [-0.25, -0.2) is 0 Å². The highest BCUT2D eigenvalue weighted by Crippen LogP contribution is 2.65. The van der Waals surface area contributed by atoms with Crippen molar-refractivity contribution in [1.29, 1.82) is 0 Å². The van der Waals surface area contributed by atoms with E-state index in [1.54, 1.807) is 0 Å². The number of aldehydes is 1. The van der Waals surface area contributed by atoms with Crippen molar-refractivity contribution in [3.05, 3.63) is 0 Å². The molecule has 3 fully saturated rings. The Morgan fingerprint density at radius 2 is 1.77 bits per heavy atom. The van der Waals surface area contributed by atoms with Gasteiger partial charge in [-0.15, -0.1) is 0 Å². The van der Waals surface area contributed by atoms with Crippen molar-refractivity contribution in [1.82, 2.24) is 15.5 Å². The van der Waals surface area contributed by atoms with Crippen LogP contribution in [0.3, 0.4) is 0 Å². The first kappa shape index (κ1) is 25.6. The lowest BCUT2D eigenvalue weighted by molar-refractivity contribution is -0.317. The number of carbonyl (C=O) groups excluding carboxylic acids is 3. The summed E-state index contributed by atoms with van der Waals surface area (Å²) in [4.78, 5) is 36.0. The molecule has 2 N–H and O–H groups in total. The number of hydrogen-bond acceptors (Lipinski definition) is 5. The predicted octanol–water partition coefficient (Wildman–Crippen LogP) is 1.90. The Hall–Kier alpha value is -1.68. The first-order valence-electron chi connectivity index (χ1n) is 10.7. The molecule has 5 atom stereocenters. The van der Waals surface area contributed by atoms with Crippen LogP contribution >= 0.6 is 0 Å². The zero-order valence-corrected chi connectivity index (χ0v) is 19.0. The van der Waals surface area contributed by atoms with Crippen molar-refractivity contribution in [2.75, 3.05) is 20.6 Å². The number of likely N-dealkylation sites (tertiary alicyclic amines) is 1.